The first-order valence-corrected chi connectivity index (χ1v) is 7.57. The summed E-state index contributed by atoms with van der Waals surface area (Å²) in [6, 6.07) is 7.50. The second-order valence-corrected chi connectivity index (χ2v) is 5.82. The normalized spacial score (nSPS) is 16.7. The number of nitrogens with two attached hydrogens (primary N) is 1. The van der Waals surface area contributed by atoms with Crippen molar-refractivity contribution in [3.05, 3.63) is 36.2 Å². The molecule has 1 aliphatic heterocycles. The van der Waals surface area contributed by atoms with E-state index in [4.69, 9.17) is 10.3 Å². The standard InChI is InChI=1S/C16H20N4O2.ClH/c1-11(17)12-6-8-20(9-7-12)16(21)14-4-2-13(3-5-14)15-18-10-22-19-15;/h2-5,10-12H,6-9,17H2,1H3;1H. The van der Waals surface area contributed by atoms with Crippen LogP contribution in [0, 0.1) is 5.92 Å². The zero-order valence-electron chi connectivity index (χ0n) is 13.0. The number of carbonyl (C=O) groups is 1. The minimum Gasteiger partial charge on any atom is -0.342 e. The van der Waals surface area contributed by atoms with Crippen molar-refractivity contribution in [1.82, 2.24) is 15.0 Å². The highest BCUT2D eigenvalue weighted by Crippen LogP contribution is 2.22. The van der Waals surface area contributed by atoms with Gasteiger partial charge in [-0.05, 0) is 37.8 Å². The molecule has 6 nitrogen and oxygen atoms in total. The molecule has 1 unspecified atom stereocenters. The molecule has 1 aliphatic rings. The fourth-order valence-corrected chi connectivity index (χ4v) is 2.87. The molecule has 1 amide bonds. The summed E-state index contributed by atoms with van der Waals surface area (Å²) in [7, 11) is 0. The molecular weight excluding hydrogens is 316 g/mol. The summed E-state index contributed by atoms with van der Waals surface area (Å²) in [6.07, 6.45) is 3.24. The number of amides is 1. The number of carbonyl (C=O) groups excluding carboxylic acids is 1. The third-order valence-electron chi connectivity index (χ3n) is 4.32. The average Bonchev–Trinajstić information content (AvgIpc) is 3.09. The fourth-order valence-electron chi connectivity index (χ4n) is 2.87. The minimum absolute atomic E-state index is 0. The summed E-state index contributed by atoms with van der Waals surface area (Å²) in [5.74, 6) is 1.11. The minimum atomic E-state index is 0. The van der Waals surface area contributed by atoms with E-state index in [1.807, 2.05) is 36.1 Å². The van der Waals surface area contributed by atoms with Crippen molar-refractivity contribution in [2.75, 3.05) is 13.1 Å². The van der Waals surface area contributed by atoms with Gasteiger partial charge in [-0.1, -0.05) is 17.3 Å². The molecule has 1 saturated heterocycles. The molecule has 1 aromatic carbocycles. The first kappa shape index (κ1) is 17.4. The predicted octanol–water partition coefficient (Wildman–Crippen LogP) is 2.36. The third-order valence-corrected chi connectivity index (χ3v) is 4.32. The van der Waals surface area contributed by atoms with Crippen LogP contribution in [0.1, 0.15) is 30.1 Å². The number of halogens is 1. The van der Waals surface area contributed by atoms with Gasteiger partial charge in [0, 0.05) is 30.3 Å². The highest BCUT2D eigenvalue weighted by molar-refractivity contribution is 5.94. The van der Waals surface area contributed by atoms with E-state index in [1.165, 1.54) is 6.39 Å². The van der Waals surface area contributed by atoms with Crippen LogP contribution in [0.2, 0.25) is 0 Å². The SMILES string of the molecule is CC(N)C1CCN(C(=O)c2ccc(-c3ncon3)cc2)CC1.Cl. The van der Waals surface area contributed by atoms with Crippen molar-refractivity contribution in [3.8, 4) is 11.4 Å². The van der Waals surface area contributed by atoms with Crippen LogP contribution < -0.4 is 5.73 Å². The van der Waals surface area contributed by atoms with E-state index in [2.05, 4.69) is 10.1 Å². The van der Waals surface area contributed by atoms with Crippen LogP contribution in [0.15, 0.2) is 35.2 Å². The number of likely N-dealkylation sites (tertiary alicyclic amines) is 1. The van der Waals surface area contributed by atoms with Gasteiger partial charge in [0.1, 0.15) is 0 Å². The molecule has 0 aliphatic carbocycles. The Morgan fingerprint density at radius 1 is 1.30 bits per heavy atom. The molecule has 0 bridgehead atoms. The smallest absolute Gasteiger partial charge is 0.253 e. The monoisotopic (exact) mass is 336 g/mol. The number of rotatable bonds is 3. The van der Waals surface area contributed by atoms with E-state index in [1.54, 1.807) is 0 Å². The molecule has 2 aromatic rings. The van der Waals surface area contributed by atoms with Gasteiger partial charge in [0.25, 0.3) is 5.91 Å². The zero-order valence-corrected chi connectivity index (χ0v) is 13.8. The van der Waals surface area contributed by atoms with Gasteiger partial charge in [0.15, 0.2) is 0 Å². The van der Waals surface area contributed by atoms with E-state index < -0.39 is 0 Å². The average molecular weight is 337 g/mol. The maximum atomic E-state index is 12.5. The number of nitrogens with zero attached hydrogens (tertiary/aromatic N) is 3. The zero-order chi connectivity index (χ0) is 15.5. The molecule has 0 radical (unpaired) electrons. The Labute approximate surface area is 141 Å². The maximum Gasteiger partial charge on any atom is 0.253 e. The van der Waals surface area contributed by atoms with E-state index in [-0.39, 0.29) is 24.4 Å². The van der Waals surface area contributed by atoms with E-state index in [0.29, 0.717) is 17.3 Å². The molecule has 1 fully saturated rings. The molecule has 0 spiro atoms. The molecule has 1 aromatic heterocycles. The van der Waals surface area contributed by atoms with Crippen LogP contribution >= 0.6 is 12.4 Å². The Bertz CT molecular complexity index is 620. The van der Waals surface area contributed by atoms with Gasteiger partial charge in [-0.25, -0.2) is 0 Å². The molecule has 7 heteroatoms. The summed E-state index contributed by atoms with van der Waals surface area (Å²) in [6.45, 7) is 3.59. The maximum absolute atomic E-state index is 12.5. The Morgan fingerprint density at radius 3 is 2.48 bits per heavy atom. The molecule has 1 atom stereocenters. The Kier molecular flexibility index (Phi) is 5.74. The number of piperidine rings is 1. The lowest BCUT2D eigenvalue weighted by Gasteiger charge is -2.33. The van der Waals surface area contributed by atoms with Gasteiger partial charge in [0.05, 0.1) is 0 Å². The van der Waals surface area contributed by atoms with Crippen molar-refractivity contribution in [3.63, 3.8) is 0 Å². The molecule has 2 heterocycles. The van der Waals surface area contributed by atoms with Gasteiger partial charge in [-0.3, -0.25) is 4.79 Å². The fraction of sp³-hybridized carbons (Fsp3) is 0.438. The van der Waals surface area contributed by atoms with E-state index in [0.717, 1.165) is 31.5 Å². The number of hydrogen-bond donors (Lipinski definition) is 1. The van der Waals surface area contributed by atoms with Crippen LogP contribution in [0.5, 0.6) is 0 Å². The predicted molar refractivity (Wildman–Crippen MR) is 89.3 cm³/mol. The van der Waals surface area contributed by atoms with Gasteiger partial charge >= 0.3 is 0 Å². The van der Waals surface area contributed by atoms with Crippen LogP contribution in [0.4, 0.5) is 0 Å². The van der Waals surface area contributed by atoms with E-state index >= 15 is 0 Å². The first-order valence-electron chi connectivity index (χ1n) is 7.57. The summed E-state index contributed by atoms with van der Waals surface area (Å²) in [5, 5.41) is 3.78. The quantitative estimate of drug-likeness (QED) is 0.930. The highest BCUT2D eigenvalue weighted by Gasteiger charge is 2.25. The molecule has 0 saturated carbocycles. The van der Waals surface area contributed by atoms with Gasteiger partial charge in [-0.2, -0.15) is 4.98 Å². The Balaban J connectivity index is 0.00000192. The topological polar surface area (TPSA) is 85.2 Å². The van der Waals surface area contributed by atoms with Crippen molar-refractivity contribution in [2.45, 2.75) is 25.8 Å². The molecular formula is C16H21ClN4O2. The highest BCUT2D eigenvalue weighted by atomic mass is 35.5. The molecule has 3 rings (SSSR count). The van der Waals surface area contributed by atoms with E-state index in [9.17, 15) is 4.79 Å². The van der Waals surface area contributed by atoms with Gasteiger partial charge < -0.3 is 15.2 Å². The van der Waals surface area contributed by atoms with Crippen LogP contribution in [0.25, 0.3) is 11.4 Å². The Morgan fingerprint density at radius 2 is 1.96 bits per heavy atom. The van der Waals surface area contributed by atoms with Crippen molar-refractivity contribution in [1.29, 1.82) is 0 Å². The van der Waals surface area contributed by atoms with Crippen LogP contribution in [-0.2, 0) is 0 Å². The molecule has 23 heavy (non-hydrogen) atoms. The van der Waals surface area contributed by atoms with Crippen molar-refractivity contribution < 1.29 is 9.32 Å². The van der Waals surface area contributed by atoms with Crippen LogP contribution in [0.3, 0.4) is 0 Å². The lowest BCUT2D eigenvalue weighted by Crippen LogP contribution is -2.42. The number of hydrogen-bond acceptors (Lipinski definition) is 5. The largest absolute Gasteiger partial charge is 0.342 e. The lowest BCUT2D eigenvalue weighted by atomic mass is 9.90. The molecule has 2 N–H and O–H groups in total. The van der Waals surface area contributed by atoms with Gasteiger partial charge in [0.2, 0.25) is 12.2 Å². The summed E-state index contributed by atoms with van der Waals surface area (Å²) in [4.78, 5) is 18.4. The first-order chi connectivity index (χ1) is 10.6. The van der Waals surface area contributed by atoms with Gasteiger partial charge in [-0.15, -0.1) is 12.4 Å². The summed E-state index contributed by atoms with van der Waals surface area (Å²) >= 11 is 0. The second kappa shape index (κ2) is 7.57. The van der Waals surface area contributed by atoms with Crippen LogP contribution in [-0.4, -0.2) is 40.1 Å². The third kappa shape index (κ3) is 3.89. The number of aromatic nitrogens is 2. The van der Waals surface area contributed by atoms with Crippen molar-refractivity contribution >= 4 is 18.3 Å². The summed E-state index contributed by atoms with van der Waals surface area (Å²) in [5.41, 5.74) is 7.46. The number of benzene rings is 1. The lowest BCUT2D eigenvalue weighted by molar-refractivity contribution is 0.0681. The molecule has 124 valence electrons. The Hall–Kier alpha value is -1.92. The second-order valence-electron chi connectivity index (χ2n) is 5.82. The van der Waals surface area contributed by atoms with Crippen molar-refractivity contribution in [2.24, 2.45) is 11.7 Å². The summed E-state index contributed by atoms with van der Waals surface area (Å²) < 4.78 is 4.72.